The molecule has 0 aliphatic carbocycles. The standard InChI is InChI=1S/C23H32N6O2S.C22H32N6O3S2/c1-17-6-7-20(21(14-17)29-8-4-3-5-9-29)25-22(31)26-23-24-15-19(32-23)16-27-10-12-28(13-11-27)18(2)30;1-17-6-7-19(20(14-17)27-8-4-3-5-9-27)24-21(29)25-22-23-15-18(32-22)16-26-10-12-28(13-11-26)33(2,30)31/h6-7,14-15H,3-5,8-13,16H2,1-2H3,(H2,24,25,26,31);6-7,14-15H,3-5,8-13,16H2,1-2H3,(H2,23,24,25,29). The van der Waals surface area contributed by atoms with Gasteiger partial charge in [-0.05, 0) is 87.8 Å². The molecule has 4 N–H and O–H groups in total. The summed E-state index contributed by atoms with van der Waals surface area (Å²) in [4.78, 5) is 58.8. The Kier molecular flexibility index (Phi) is 16.7. The van der Waals surface area contributed by atoms with Crippen molar-refractivity contribution in [2.45, 2.75) is 72.4 Å². The number of urea groups is 2. The van der Waals surface area contributed by atoms with Gasteiger partial charge in [0.15, 0.2) is 10.3 Å². The number of carbonyl (C=O) groups is 3. The van der Waals surface area contributed by atoms with Crippen LogP contribution in [0.15, 0.2) is 48.8 Å². The van der Waals surface area contributed by atoms with Crippen molar-refractivity contribution in [3.8, 4) is 0 Å². The number of hydrogen-bond acceptors (Lipinski definition) is 13. The number of rotatable bonds is 11. The van der Waals surface area contributed by atoms with Gasteiger partial charge in [0.25, 0.3) is 0 Å². The van der Waals surface area contributed by atoms with Gasteiger partial charge in [-0.1, -0.05) is 12.1 Å². The molecule has 5 amide bonds. The molecular weight excluding hydrogens is 885 g/mol. The summed E-state index contributed by atoms with van der Waals surface area (Å²) >= 11 is 2.93. The van der Waals surface area contributed by atoms with Crippen molar-refractivity contribution in [1.29, 1.82) is 0 Å². The molecule has 4 aliphatic heterocycles. The first-order valence-corrected chi connectivity index (χ1v) is 26.2. The second-order valence-corrected chi connectivity index (χ2v) is 21.5. The molecule has 6 heterocycles. The van der Waals surface area contributed by atoms with Gasteiger partial charge in [0.05, 0.1) is 29.0 Å². The number of benzene rings is 2. The minimum atomic E-state index is -3.13. The monoisotopic (exact) mass is 948 g/mol. The van der Waals surface area contributed by atoms with Crippen LogP contribution in [0.25, 0.3) is 0 Å². The highest BCUT2D eigenvalue weighted by Crippen LogP contribution is 2.32. The zero-order valence-corrected chi connectivity index (χ0v) is 40.6. The first kappa shape index (κ1) is 48.1. The molecule has 17 nitrogen and oxygen atoms in total. The van der Waals surface area contributed by atoms with Crippen LogP contribution in [0.4, 0.5) is 42.6 Å². The first-order chi connectivity index (χ1) is 31.2. The van der Waals surface area contributed by atoms with Gasteiger partial charge in [-0.2, -0.15) is 4.31 Å². The molecule has 65 heavy (non-hydrogen) atoms. The fourth-order valence-electron chi connectivity index (χ4n) is 8.55. The van der Waals surface area contributed by atoms with E-state index in [2.05, 4.69) is 76.8 Å². The van der Waals surface area contributed by atoms with E-state index >= 15 is 0 Å². The molecule has 0 spiro atoms. The Morgan fingerprint density at radius 3 is 1.40 bits per heavy atom. The molecule has 352 valence electrons. The van der Waals surface area contributed by atoms with Crippen molar-refractivity contribution in [2.24, 2.45) is 0 Å². The number of aryl methyl sites for hydroxylation is 2. The molecule has 0 bridgehead atoms. The lowest BCUT2D eigenvalue weighted by Gasteiger charge is -2.33. The molecular formula is C45H64N12O5S3. The van der Waals surface area contributed by atoms with E-state index in [0.29, 0.717) is 43.0 Å². The molecule has 4 aromatic rings. The van der Waals surface area contributed by atoms with Gasteiger partial charge in [-0.15, -0.1) is 22.7 Å². The number of piperidine rings is 2. The highest BCUT2D eigenvalue weighted by atomic mass is 32.2. The van der Waals surface area contributed by atoms with E-state index in [4.69, 9.17) is 0 Å². The lowest BCUT2D eigenvalue weighted by molar-refractivity contribution is -0.130. The van der Waals surface area contributed by atoms with Crippen LogP contribution in [-0.4, -0.2) is 140 Å². The zero-order chi connectivity index (χ0) is 45.9. The number of carbonyl (C=O) groups excluding carboxylic acids is 3. The lowest BCUT2D eigenvalue weighted by Crippen LogP contribution is -2.47. The summed E-state index contributed by atoms with van der Waals surface area (Å²) in [7, 11) is -3.13. The van der Waals surface area contributed by atoms with Gasteiger partial charge >= 0.3 is 12.1 Å². The van der Waals surface area contributed by atoms with Crippen molar-refractivity contribution in [3.05, 3.63) is 69.7 Å². The fourth-order valence-corrected chi connectivity index (χ4v) is 11.1. The Morgan fingerprint density at radius 1 is 0.585 bits per heavy atom. The third-order valence-electron chi connectivity index (χ3n) is 12.1. The van der Waals surface area contributed by atoms with Crippen LogP contribution in [0.2, 0.25) is 0 Å². The van der Waals surface area contributed by atoms with E-state index in [1.165, 1.54) is 82.9 Å². The second kappa shape index (κ2) is 22.6. The maximum atomic E-state index is 12.7. The highest BCUT2D eigenvalue weighted by Gasteiger charge is 2.25. The van der Waals surface area contributed by atoms with Crippen LogP contribution in [0, 0.1) is 13.8 Å². The molecule has 8 rings (SSSR count). The predicted octanol–water partition coefficient (Wildman–Crippen LogP) is 6.91. The number of sulfonamides is 1. The molecule has 20 heteroatoms. The third-order valence-corrected chi connectivity index (χ3v) is 15.2. The zero-order valence-electron chi connectivity index (χ0n) is 38.1. The summed E-state index contributed by atoms with van der Waals surface area (Å²) in [6.45, 7) is 16.9. The normalized spacial score (nSPS) is 17.8. The van der Waals surface area contributed by atoms with Crippen molar-refractivity contribution < 1.29 is 22.8 Å². The Morgan fingerprint density at radius 2 is 1.00 bits per heavy atom. The first-order valence-electron chi connectivity index (χ1n) is 22.7. The quantitative estimate of drug-likeness (QED) is 0.123. The Hall–Kier alpha value is -4.86. The van der Waals surface area contributed by atoms with Crippen LogP contribution in [0.3, 0.4) is 0 Å². The second-order valence-electron chi connectivity index (χ2n) is 17.3. The number of piperazine rings is 2. The summed E-state index contributed by atoms with van der Waals surface area (Å²) in [6.07, 6.45) is 12.1. The maximum Gasteiger partial charge on any atom is 0.325 e. The smallest absolute Gasteiger partial charge is 0.325 e. The number of amides is 5. The summed E-state index contributed by atoms with van der Waals surface area (Å²) in [6, 6.07) is 11.7. The van der Waals surface area contributed by atoms with E-state index < -0.39 is 10.0 Å². The molecule has 0 atom stereocenters. The third kappa shape index (κ3) is 14.1. The minimum absolute atomic E-state index is 0.136. The number of nitrogens with one attached hydrogen (secondary N) is 4. The van der Waals surface area contributed by atoms with Gasteiger partial charge < -0.3 is 25.3 Å². The predicted molar refractivity (Wildman–Crippen MR) is 263 cm³/mol. The molecule has 0 unspecified atom stereocenters. The van der Waals surface area contributed by atoms with E-state index in [-0.39, 0.29) is 18.0 Å². The average Bonchev–Trinajstić information content (AvgIpc) is 3.93. The Balaban J connectivity index is 0.000000194. The molecule has 4 fully saturated rings. The molecule has 0 radical (unpaired) electrons. The molecule has 4 saturated heterocycles. The lowest BCUT2D eigenvalue weighted by atomic mass is 10.1. The molecule has 2 aromatic heterocycles. The van der Waals surface area contributed by atoms with Crippen LogP contribution in [-0.2, 0) is 27.9 Å². The van der Waals surface area contributed by atoms with Crippen LogP contribution < -0.4 is 31.1 Å². The van der Waals surface area contributed by atoms with Crippen molar-refractivity contribution in [1.82, 2.24) is 29.0 Å². The van der Waals surface area contributed by atoms with E-state index in [0.717, 1.165) is 91.4 Å². The number of hydrogen-bond donors (Lipinski definition) is 4. The average molecular weight is 949 g/mol. The van der Waals surface area contributed by atoms with Crippen molar-refractivity contribution in [3.63, 3.8) is 0 Å². The van der Waals surface area contributed by atoms with Gasteiger partial charge in [0.1, 0.15) is 0 Å². The van der Waals surface area contributed by atoms with E-state index in [9.17, 15) is 22.8 Å². The number of anilines is 6. The summed E-state index contributed by atoms with van der Waals surface area (Å²) < 4.78 is 24.8. The van der Waals surface area contributed by atoms with Crippen LogP contribution >= 0.6 is 22.7 Å². The van der Waals surface area contributed by atoms with Gasteiger partial charge in [0, 0.05) is 121 Å². The van der Waals surface area contributed by atoms with Crippen molar-refractivity contribution >= 4 is 83.7 Å². The summed E-state index contributed by atoms with van der Waals surface area (Å²) in [5, 5.41) is 12.9. The Labute approximate surface area is 391 Å². The van der Waals surface area contributed by atoms with Gasteiger partial charge in [-0.3, -0.25) is 25.2 Å². The Bertz CT molecular complexity index is 2350. The van der Waals surface area contributed by atoms with Crippen molar-refractivity contribution in [2.75, 3.05) is 116 Å². The number of nitrogens with zero attached hydrogens (tertiary/aromatic N) is 8. The number of aromatic nitrogens is 2. The van der Waals surface area contributed by atoms with E-state index in [1.54, 1.807) is 13.1 Å². The maximum absolute atomic E-state index is 12.7. The van der Waals surface area contributed by atoms with E-state index in [1.807, 2.05) is 35.4 Å². The number of thiazole rings is 2. The molecule has 2 aromatic carbocycles. The summed E-state index contributed by atoms with van der Waals surface area (Å²) in [5.41, 5.74) is 6.15. The van der Waals surface area contributed by atoms with Gasteiger partial charge in [-0.25, -0.2) is 28.0 Å². The topological polar surface area (TPSA) is 179 Å². The highest BCUT2D eigenvalue weighted by molar-refractivity contribution is 7.88. The minimum Gasteiger partial charge on any atom is -0.370 e. The van der Waals surface area contributed by atoms with Crippen LogP contribution in [0.1, 0.15) is 66.3 Å². The summed E-state index contributed by atoms with van der Waals surface area (Å²) in [5.74, 6) is 0.136. The van der Waals surface area contributed by atoms with Gasteiger partial charge in [0.2, 0.25) is 15.9 Å². The SMILES string of the molecule is CC(=O)N1CCN(Cc2cnc(NC(=O)Nc3ccc(C)cc3N3CCCCC3)s2)CC1.Cc1ccc(NC(=O)Nc2ncc(CN3CCN(S(C)(=O)=O)CC3)s2)c(N2CCCCC2)c1. The molecule has 0 saturated carbocycles. The van der Waals surface area contributed by atoms with Crippen LogP contribution in [0.5, 0.6) is 0 Å². The fraction of sp³-hybridized carbons (Fsp3) is 0.533. The molecule has 4 aliphatic rings. The largest absolute Gasteiger partial charge is 0.370 e.